The summed E-state index contributed by atoms with van der Waals surface area (Å²) >= 11 is 0. The summed E-state index contributed by atoms with van der Waals surface area (Å²) in [6, 6.07) is 1.75. The largest absolute Gasteiger partial charge is 0.466 e. The van der Waals surface area contributed by atoms with E-state index in [1.807, 2.05) is 27.7 Å². The lowest BCUT2D eigenvalue weighted by Crippen LogP contribution is -2.51. The van der Waals surface area contributed by atoms with E-state index in [-0.39, 0.29) is 12.0 Å². The fourth-order valence-corrected chi connectivity index (χ4v) is 2.76. The maximum absolute atomic E-state index is 12.1. The maximum atomic E-state index is 12.1. The Hall–Kier alpha value is -2.02. The number of piperazine rings is 1. The molecule has 2 heterocycles. The van der Waals surface area contributed by atoms with Crippen LogP contribution in [0.15, 0.2) is 10.5 Å². The van der Waals surface area contributed by atoms with Crippen LogP contribution in [0.3, 0.4) is 0 Å². The number of amides is 2. The summed E-state index contributed by atoms with van der Waals surface area (Å²) in [7, 11) is 0. The van der Waals surface area contributed by atoms with E-state index < -0.39 is 5.60 Å². The molecule has 0 spiro atoms. The molecule has 0 bridgehead atoms. The number of rotatable bonds is 4. The number of nitrogens with one attached hydrogen (secondary N) is 1. The molecule has 0 atom stereocenters. The summed E-state index contributed by atoms with van der Waals surface area (Å²) in [4.78, 5) is 28.1. The highest BCUT2D eigenvalue weighted by molar-refractivity contribution is 5.95. The lowest BCUT2D eigenvalue weighted by Gasteiger charge is -2.35. The van der Waals surface area contributed by atoms with Gasteiger partial charge in [0.15, 0.2) is 0 Å². The number of hydrogen-bond donors (Lipinski definition) is 1. The first-order chi connectivity index (χ1) is 11.7. The van der Waals surface area contributed by atoms with Crippen LogP contribution in [0.2, 0.25) is 0 Å². The molecule has 0 aliphatic carbocycles. The first kappa shape index (κ1) is 19.3. The Morgan fingerprint density at radius 3 is 2.36 bits per heavy atom. The van der Waals surface area contributed by atoms with Crippen molar-refractivity contribution in [3.63, 3.8) is 0 Å². The molecule has 7 heteroatoms. The average molecular weight is 351 g/mol. The van der Waals surface area contributed by atoms with Crippen molar-refractivity contribution in [1.82, 2.24) is 15.1 Å². The van der Waals surface area contributed by atoms with Crippen LogP contribution in [0.1, 0.15) is 42.6 Å². The van der Waals surface area contributed by atoms with Crippen molar-refractivity contribution < 1.29 is 18.7 Å². The molecule has 0 saturated carbocycles. The molecular formula is C18H29N3O4. The van der Waals surface area contributed by atoms with E-state index in [4.69, 9.17) is 9.15 Å². The monoisotopic (exact) mass is 351 g/mol. The minimum atomic E-state index is -0.470. The Bertz CT molecular complexity index is 610. The zero-order valence-electron chi connectivity index (χ0n) is 15.8. The van der Waals surface area contributed by atoms with E-state index in [9.17, 15) is 9.59 Å². The van der Waals surface area contributed by atoms with E-state index in [0.29, 0.717) is 31.0 Å². The van der Waals surface area contributed by atoms with E-state index >= 15 is 0 Å². The lowest BCUT2D eigenvalue weighted by molar-refractivity contribution is 0.0147. The van der Waals surface area contributed by atoms with Gasteiger partial charge in [0, 0.05) is 39.3 Å². The van der Waals surface area contributed by atoms with Gasteiger partial charge in [0.2, 0.25) is 0 Å². The zero-order chi connectivity index (χ0) is 18.6. The second-order valence-electron chi connectivity index (χ2n) is 7.39. The number of ether oxygens (including phenoxy) is 1. The van der Waals surface area contributed by atoms with Gasteiger partial charge in [-0.3, -0.25) is 9.69 Å². The predicted octanol–water partition coefficient (Wildman–Crippen LogP) is 2.18. The van der Waals surface area contributed by atoms with Gasteiger partial charge < -0.3 is 19.4 Å². The highest BCUT2D eigenvalue weighted by atomic mass is 16.6. The fourth-order valence-electron chi connectivity index (χ4n) is 2.76. The van der Waals surface area contributed by atoms with Crippen molar-refractivity contribution in [1.29, 1.82) is 0 Å². The second-order valence-corrected chi connectivity index (χ2v) is 7.39. The number of aryl methyl sites for hydroxylation is 2. The van der Waals surface area contributed by atoms with Crippen molar-refractivity contribution in [3.05, 3.63) is 23.2 Å². The Kier molecular flexibility index (Phi) is 6.11. The SMILES string of the molecule is Cc1cc(C(=O)NCCN2CCN(C(=O)OC(C)(C)C)CC2)c(C)o1. The molecule has 7 nitrogen and oxygen atoms in total. The van der Waals surface area contributed by atoms with Gasteiger partial charge in [-0.1, -0.05) is 0 Å². The van der Waals surface area contributed by atoms with Crippen LogP contribution in [-0.4, -0.2) is 66.7 Å². The minimum Gasteiger partial charge on any atom is -0.466 e. The number of furan rings is 1. The minimum absolute atomic E-state index is 0.109. The number of carbonyl (C=O) groups is 2. The Balaban J connectivity index is 1.69. The molecule has 0 radical (unpaired) electrons. The molecule has 1 aliphatic heterocycles. The summed E-state index contributed by atoms with van der Waals surface area (Å²) in [5.41, 5.74) is 0.120. The molecule has 2 amide bonds. The van der Waals surface area contributed by atoms with Crippen molar-refractivity contribution in [2.45, 2.75) is 40.2 Å². The van der Waals surface area contributed by atoms with Gasteiger partial charge in [0.25, 0.3) is 5.91 Å². The van der Waals surface area contributed by atoms with E-state index in [0.717, 1.165) is 25.4 Å². The Morgan fingerprint density at radius 1 is 1.20 bits per heavy atom. The predicted molar refractivity (Wildman–Crippen MR) is 94.8 cm³/mol. The first-order valence-corrected chi connectivity index (χ1v) is 8.71. The van der Waals surface area contributed by atoms with Crippen LogP contribution >= 0.6 is 0 Å². The van der Waals surface area contributed by atoms with Gasteiger partial charge in [-0.2, -0.15) is 0 Å². The Morgan fingerprint density at radius 2 is 1.84 bits per heavy atom. The van der Waals surface area contributed by atoms with Gasteiger partial charge in [-0.05, 0) is 40.7 Å². The molecule has 2 rings (SSSR count). The van der Waals surface area contributed by atoms with E-state index in [1.54, 1.807) is 17.9 Å². The standard InChI is InChI=1S/C18H29N3O4/c1-13-12-15(14(2)24-13)16(22)19-6-7-20-8-10-21(11-9-20)17(23)25-18(3,4)5/h12H,6-11H2,1-5H3,(H,19,22). The average Bonchev–Trinajstić information content (AvgIpc) is 2.85. The van der Waals surface area contributed by atoms with Gasteiger partial charge in [0.05, 0.1) is 5.56 Å². The van der Waals surface area contributed by atoms with Gasteiger partial charge in [0.1, 0.15) is 17.1 Å². The van der Waals surface area contributed by atoms with Gasteiger partial charge in [-0.15, -0.1) is 0 Å². The normalized spacial score (nSPS) is 16.0. The molecule has 1 aromatic rings. The van der Waals surface area contributed by atoms with Crippen LogP contribution in [0.5, 0.6) is 0 Å². The molecule has 25 heavy (non-hydrogen) atoms. The van der Waals surface area contributed by atoms with Crippen LogP contribution in [-0.2, 0) is 4.74 Å². The molecule has 1 aromatic heterocycles. The molecular weight excluding hydrogens is 322 g/mol. The summed E-state index contributed by atoms with van der Waals surface area (Å²) < 4.78 is 10.8. The third kappa shape index (κ3) is 5.77. The van der Waals surface area contributed by atoms with Crippen LogP contribution in [0, 0.1) is 13.8 Å². The molecule has 1 N–H and O–H groups in total. The first-order valence-electron chi connectivity index (χ1n) is 8.71. The highest BCUT2D eigenvalue weighted by Crippen LogP contribution is 2.13. The molecule has 0 aromatic carbocycles. The lowest BCUT2D eigenvalue weighted by atomic mass is 10.2. The summed E-state index contributed by atoms with van der Waals surface area (Å²) in [6.45, 7) is 13.4. The smallest absolute Gasteiger partial charge is 0.410 e. The number of hydrogen-bond acceptors (Lipinski definition) is 5. The van der Waals surface area contributed by atoms with Crippen molar-refractivity contribution >= 4 is 12.0 Å². The zero-order valence-corrected chi connectivity index (χ0v) is 15.8. The van der Waals surface area contributed by atoms with Crippen LogP contribution in [0.25, 0.3) is 0 Å². The molecule has 1 aliphatic rings. The van der Waals surface area contributed by atoms with E-state index in [1.165, 1.54) is 0 Å². The molecule has 140 valence electrons. The van der Waals surface area contributed by atoms with Crippen molar-refractivity contribution in [3.8, 4) is 0 Å². The van der Waals surface area contributed by atoms with E-state index in [2.05, 4.69) is 10.2 Å². The Labute approximate surface area is 149 Å². The quantitative estimate of drug-likeness (QED) is 0.900. The topological polar surface area (TPSA) is 75.0 Å². The maximum Gasteiger partial charge on any atom is 0.410 e. The third-order valence-electron chi connectivity index (χ3n) is 4.02. The molecule has 0 unspecified atom stereocenters. The molecule has 1 saturated heterocycles. The summed E-state index contributed by atoms with van der Waals surface area (Å²) in [6.07, 6.45) is -0.258. The van der Waals surface area contributed by atoms with Crippen LogP contribution < -0.4 is 5.32 Å². The fraction of sp³-hybridized carbons (Fsp3) is 0.667. The number of nitrogens with zero attached hydrogens (tertiary/aromatic N) is 2. The second kappa shape index (κ2) is 7.91. The molecule has 1 fully saturated rings. The summed E-state index contributed by atoms with van der Waals surface area (Å²) in [5.74, 6) is 1.27. The van der Waals surface area contributed by atoms with Crippen molar-refractivity contribution in [2.75, 3.05) is 39.3 Å². The number of carbonyl (C=O) groups excluding carboxylic acids is 2. The van der Waals surface area contributed by atoms with Gasteiger partial charge in [-0.25, -0.2) is 4.79 Å². The third-order valence-corrected chi connectivity index (χ3v) is 4.02. The van der Waals surface area contributed by atoms with Gasteiger partial charge >= 0.3 is 6.09 Å². The summed E-state index contributed by atoms with van der Waals surface area (Å²) in [5, 5.41) is 2.92. The van der Waals surface area contributed by atoms with Crippen LogP contribution in [0.4, 0.5) is 4.79 Å². The van der Waals surface area contributed by atoms with Crippen molar-refractivity contribution in [2.24, 2.45) is 0 Å². The highest BCUT2D eigenvalue weighted by Gasteiger charge is 2.25.